The molecular weight excluding hydrogens is 1680 g/mol. The minimum absolute atomic E-state index is 0. The van der Waals surface area contributed by atoms with Crippen LogP contribution in [-0.2, 0) is 0 Å². The fourth-order valence-corrected chi connectivity index (χ4v) is 6.58. The SMILES string of the molecule is C=CB(F)F.C=CB(F)F.C=CB(F)F.C=Cc1ccc(C)nc1C.C=Cc1ccc(Cl)c(C)n1.C=Cc1nc(C)c(C)cc1C.CB(O)O.CB(O)O.CB(O)O.Cc1cc(Br)c(C)nc1Cl.Cc1cc(C)c(C=O)nc1C.Cc1ccc(Cl)c(C)n1.Cc1nc(Cl)ccc1Cl.[B].[B].[B].[B].[B].[B].[B].[F-].[F-].[F-].[K+].[K+].[K+]. The van der Waals surface area contributed by atoms with Crippen LogP contribution in [0.4, 0.5) is 25.9 Å². The van der Waals surface area contributed by atoms with Crippen LogP contribution in [0, 0.1) is 96.9 Å². The van der Waals surface area contributed by atoms with Crippen LogP contribution >= 0.6 is 73.9 Å². The Bertz CT molecular complexity index is 3300. The first kappa shape index (κ1) is 157. The Morgan fingerprint density at radius 3 is 0.936 bits per heavy atom. The normalized spacial score (nSPS) is 7.81. The Balaban J connectivity index is -0.0000000482. The van der Waals surface area contributed by atoms with Crippen LogP contribution in [0.5, 0.6) is 0 Å². The molecule has 7 rings (SSSR count). The van der Waals surface area contributed by atoms with E-state index in [-0.39, 0.29) is 227 Å². The van der Waals surface area contributed by atoms with E-state index in [1.807, 2.05) is 138 Å². The van der Waals surface area contributed by atoms with Gasteiger partial charge in [-0.1, -0.05) is 120 Å². The van der Waals surface area contributed by atoms with Crippen LogP contribution in [0.2, 0.25) is 45.8 Å². The van der Waals surface area contributed by atoms with E-state index in [4.69, 9.17) is 88.1 Å². The number of halogens is 15. The Hall–Kier alpha value is -1.03. The fraction of sp³-hybridized carbons (Fsp3) is 0.262. The van der Waals surface area contributed by atoms with Gasteiger partial charge in [0.1, 0.15) is 16.0 Å². The summed E-state index contributed by atoms with van der Waals surface area (Å²) in [5.74, 6) is 1.75. The fourth-order valence-electron chi connectivity index (χ4n) is 5.46. The van der Waals surface area contributed by atoms with E-state index in [1.54, 1.807) is 24.3 Å². The van der Waals surface area contributed by atoms with Crippen molar-refractivity contribution >= 4 is 200 Å². The number of pyridine rings is 7. The quantitative estimate of drug-likeness (QED) is 0.0428. The summed E-state index contributed by atoms with van der Waals surface area (Å²) in [6.07, 6.45) is 6.11. The minimum atomic E-state index is -2.35. The predicted molar refractivity (Wildman–Crippen MR) is 447 cm³/mol. The van der Waals surface area contributed by atoms with Gasteiger partial charge in [0, 0.05) is 91.8 Å². The van der Waals surface area contributed by atoms with Crippen molar-refractivity contribution in [3.05, 3.63) is 256 Å². The van der Waals surface area contributed by atoms with Crippen LogP contribution in [0.3, 0.4) is 0 Å². The van der Waals surface area contributed by atoms with Crippen molar-refractivity contribution in [1.82, 2.24) is 34.9 Å². The van der Waals surface area contributed by atoms with E-state index in [1.165, 1.54) is 31.6 Å². The minimum Gasteiger partial charge on any atom is -1.00 e. The molecule has 571 valence electrons. The molecule has 0 aromatic carbocycles. The number of rotatable bonds is 7. The van der Waals surface area contributed by atoms with Crippen LogP contribution < -0.4 is 168 Å². The van der Waals surface area contributed by atoms with E-state index < -0.39 is 43.2 Å². The number of aryl methyl sites for hydroxylation is 14. The van der Waals surface area contributed by atoms with Crippen LogP contribution in [-0.4, -0.2) is 173 Å². The van der Waals surface area contributed by atoms with E-state index in [0.717, 1.165) is 101 Å². The summed E-state index contributed by atoms with van der Waals surface area (Å²) in [6, 6.07) is 20.9. The van der Waals surface area contributed by atoms with Gasteiger partial charge in [-0.15, -0.1) is 19.7 Å². The molecule has 110 heavy (non-hydrogen) atoms. The molecule has 0 aliphatic rings. The van der Waals surface area contributed by atoms with Gasteiger partial charge in [-0.05, 0) is 227 Å². The first-order chi connectivity index (χ1) is 44.8. The molecule has 7 heterocycles. The zero-order chi connectivity index (χ0) is 77.0. The molecule has 0 aliphatic carbocycles. The topological polar surface area (TPSA) is 229 Å². The molecule has 21 radical (unpaired) electrons. The van der Waals surface area contributed by atoms with Crippen molar-refractivity contribution in [3.8, 4) is 0 Å². The Morgan fingerprint density at radius 2 is 0.673 bits per heavy atom. The van der Waals surface area contributed by atoms with Crippen molar-refractivity contribution in [3.63, 3.8) is 0 Å². The average Bonchev–Trinajstić information content (AvgIpc) is 0.871. The van der Waals surface area contributed by atoms with E-state index in [0.29, 0.717) is 44.0 Å². The van der Waals surface area contributed by atoms with Crippen molar-refractivity contribution in [2.75, 3.05) is 0 Å². The maximum absolute atomic E-state index is 10.6. The Morgan fingerprint density at radius 1 is 0.373 bits per heavy atom. The zero-order valence-corrected chi connectivity index (χ0v) is 80.8. The molecule has 0 atom stereocenters. The summed E-state index contributed by atoms with van der Waals surface area (Å²) < 4.78 is 64.9. The molecule has 7 aromatic heterocycles. The second-order valence-electron chi connectivity index (χ2n) is 19.3. The smallest absolute Gasteiger partial charge is 1.00 e. The van der Waals surface area contributed by atoms with Gasteiger partial charge >= 0.3 is 197 Å². The molecule has 14 nitrogen and oxygen atoms in total. The first-order valence-electron chi connectivity index (χ1n) is 28.6. The molecule has 0 unspecified atom stereocenters. The summed E-state index contributed by atoms with van der Waals surface area (Å²) in [6.45, 7) is 50.5. The third-order valence-electron chi connectivity index (χ3n) is 10.4. The number of aldehydes is 1. The van der Waals surface area contributed by atoms with Crippen LogP contribution in [0.1, 0.15) is 107 Å². The maximum Gasteiger partial charge on any atom is 1.00 e. The third kappa shape index (κ3) is 94.1. The molecule has 0 fully saturated rings. The number of aromatic nitrogens is 7. The van der Waals surface area contributed by atoms with Gasteiger partial charge < -0.3 is 44.3 Å². The van der Waals surface area contributed by atoms with E-state index in [9.17, 15) is 30.7 Å². The summed E-state index contributed by atoms with van der Waals surface area (Å²) >= 11 is 31.8. The molecule has 0 spiro atoms. The average molecular weight is 1760 g/mol. The summed E-state index contributed by atoms with van der Waals surface area (Å²) in [5.41, 5.74) is 17.6. The largest absolute Gasteiger partial charge is 1.00 e. The van der Waals surface area contributed by atoms with Crippen LogP contribution in [0.25, 0.3) is 18.2 Å². The number of carbonyl (C=O) groups is 1. The molecule has 0 saturated carbocycles. The van der Waals surface area contributed by atoms with Gasteiger partial charge in [-0.3, -0.25) is 50.6 Å². The molecule has 0 aliphatic heterocycles. The monoisotopic (exact) mass is 1760 g/mol. The zero-order valence-electron chi connectivity index (χ0n) is 66.0. The predicted octanol–water partition coefficient (Wildman–Crippen LogP) is -2.30. The summed E-state index contributed by atoms with van der Waals surface area (Å²) in [4.78, 5) is 39.5. The standard InChI is InChI=1S/C10H13N.C9H11NO.C9H11N.C8H8ClN.C7H7BrClN.C7H8ClN.C6H5Cl2N.3C2H3BF2.3CH5BO2.7B.3FH.3K/c1-5-10-8(3)6-7(2)9(4)11-10;1-6-4-7(2)9(5-11)10-8(6)3;1-4-9-6-5-7(2)10-8(9)3;1-3-7-4-5-8(9)6(2)10-7;1-4-3-6(8)5(2)10-7(4)9;1-5-3-4-7(8)6(2)9-5;1-4-5(7)2-3-6(8)9-4;3*1-2-3(4)5;3*1-2(3)4;;;;;;;;;;;;;/h5-6H,1H2,2-4H3;4-5H,1-3H3;4-6H,1H2,2-3H3;3-5H,1H2,2H3;3H,1-2H3;3-4H,1-2H3;2-3H,1H3;3*2H,1H2;3*3-4H,1H3;;;;;;;;3*1H;;;/q;;;;;;;;;;;;;;;;;;;;;;;3*+1/p-3. The number of nitrogens with zero attached hydrogens (tertiary/aromatic N) is 7. The molecule has 0 bridgehead atoms. The summed E-state index contributed by atoms with van der Waals surface area (Å²) in [7, 11) is -10.6. The van der Waals surface area contributed by atoms with Gasteiger partial charge in [-0.25, -0.2) is 15.0 Å². The van der Waals surface area contributed by atoms with Gasteiger partial charge in [0.05, 0.1) is 49.2 Å². The molecular formula is C65H87B13BrCl5F9K3N7O7. The molecule has 45 heteroatoms. The molecule has 7 aromatic rings. The Labute approximate surface area is 825 Å². The number of carbonyl (C=O) groups excluding carboxylic acids is 1. The van der Waals surface area contributed by atoms with Crippen molar-refractivity contribution < 1.29 is 229 Å². The number of hydrogen-bond donors (Lipinski definition) is 6. The second kappa shape index (κ2) is 95.1. The van der Waals surface area contributed by atoms with E-state index in [2.05, 4.69) is 110 Å². The van der Waals surface area contributed by atoms with Gasteiger partial charge in [-0.2, -0.15) is 0 Å². The van der Waals surface area contributed by atoms with Crippen molar-refractivity contribution in [1.29, 1.82) is 0 Å². The second-order valence-corrected chi connectivity index (χ2v) is 22.2. The van der Waals surface area contributed by atoms with E-state index >= 15 is 0 Å². The summed E-state index contributed by atoms with van der Waals surface area (Å²) in [5, 5.41) is 48.8. The van der Waals surface area contributed by atoms with Crippen LogP contribution in [0.15, 0.2) is 129 Å². The van der Waals surface area contributed by atoms with Gasteiger partial charge in [0.25, 0.3) is 0 Å². The molecule has 6 N–H and O–H groups in total. The molecule has 0 amide bonds. The number of hydrogen-bond acceptors (Lipinski definition) is 14. The first-order valence-corrected chi connectivity index (χ1v) is 31.3. The Kier molecular flexibility index (Phi) is 136. The van der Waals surface area contributed by atoms with Gasteiger partial charge in [0.15, 0.2) is 6.29 Å². The molecule has 0 saturated heterocycles. The maximum atomic E-state index is 10.6. The van der Waals surface area contributed by atoms with Crippen molar-refractivity contribution in [2.45, 2.75) is 117 Å². The van der Waals surface area contributed by atoms with Gasteiger partial charge in [0.2, 0.25) is 0 Å². The third-order valence-corrected chi connectivity index (χ3v) is 13.0. The van der Waals surface area contributed by atoms with Crippen molar-refractivity contribution in [2.24, 2.45) is 0 Å².